The summed E-state index contributed by atoms with van der Waals surface area (Å²) in [6, 6.07) is 0. The molecule has 2 N–H and O–H groups in total. The van der Waals surface area contributed by atoms with Gasteiger partial charge in [-0.15, -0.1) is 0 Å². The standard InChI is InChI=1S/2CH2O2.2CH3O.Ti/c2*2-1-3;2*1-2;/h2*1H,(H,2,3);2*1H3;/q;;2*-1;+2. The summed E-state index contributed by atoms with van der Waals surface area (Å²) in [7, 11) is 1.50. The van der Waals surface area contributed by atoms with E-state index in [1.165, 1.54) is 0 Å². The summed E-state index contributed by atoms with van der Waals surface area (Å²) >= 11 is 0. The Morgan fingerprint density at radius 2 is 0.909 bits per heavy atom. The molecule has 0 spiro atoms. The quantitative estimate of drug-likeness (QED) is 0.327. The predicted octanol–water partition coefficient (Wildman–Crippen LogP) is -2.65. The average Bonchev–Trinajstić information content (AvgIpc) is 1.99. The van der Waals surface area contributed by atoms with Crippen molar-refractivity contribution < 1.29 is 51.7 Å². The number of hydrogen-bond donors (Lipinski definition) is 2. The van der Waals surface area contributed by atoms with Gasteiger partial charge in [-0.25, -0.2) is 0 Å². The molecule has 0 unspecified atom stereocenters. The van der Waals surface area contributed by atoms with Crippen LogP contribution in [0.2, 0.25) is 0 Å². The van der Waals surface area contributed by atoms with E-state index in [0.717, 1.165) is 14.2 Å². The van der Waals surface area contributed by atoms with Crippen LogP contribution >= 0.6 is 0 Å². The van der Waals surface area contributed by atoms with Crippen LogP contribution in [0.3, 0.4) is 0 Å². The minimum Gasteiger partial charge on any atom is -0.857 e. The summed E-state index contributed by atoms with van der Waals surface area (Å²) in [6.45, 7) is -0.500. The second kappa shape index (κ2) is 284. The van der Waals surface area contributed by atoms with Crippen molar-refractivity contribution in [2.75, 3.05) is 14.2 Å². The van der Waals surface area contributed by atoms with Crippen LogP contribution in [0.4, 0.5) is 0 Å². The summed E-state index contributed by atoms with van der Waals surface area (Å²) in [6.07, 6.45) is 0. The van der Waals surface area contributed by atoms with E-state index >= 15 is 0 Å². The summed E-state index contributed by atoms with van der Waals surface area (Å²) in [4.78, 5) is 16.7. The molecule has 0 fully saturated rings. The second-order valence-corrected chi connectivity index (χ2v) is 0.211. The Kier molecular flexibility index (Phi) is 805. The largest absolute Gasteiger partial charge is 2.00 e. The van der Waals surface area contributed by atoms with E-state index in [-0.39, 0.29) is 34.7 Å². The Bertz CT molecular complexity index is 35.6. The molecular formula is C4H10O6Ti. The van der Waals surface area contributed by atoms with Crippen molar-refractivity contribution in [3.63, 3.8) is 0 Å². The van der Waals surface area contributed by atoms with Gasteiger partial charge in [0.1, 0.15) is 0 Å². The first kappa shape index (κ1) is 31.2. The summed E-state index contributed by atoms with van der Waals surface area (Å²) in [5, 5.41) is 30.3. The smallest absolute Gasteiger partial charge is 0.857 e. The van der Waals surface area contributed by atoms with E-state index in [4.69, 9.17) is 30.0 Å². The van der Waals surface area contributed by atoms with Crippen LogP contribution in [-0.4, -0.2) is 37.4 Å². The van der Waals surface area contributed by atoms with Gasteiger partial charge in [0.25, 0.3) is 12.9 Å². The Morgan fingerprint density at radius 3 is 0.909 bits per heavy atom. The van der Waals surface area contributed by atoms with Crippen LogP contribution in [0, 0.1) is 0 Å². The molecule has 0 aromatic heterocycles. The van der Waals surface area contributed by atoms with Gasteiger partial charge in [0, 0.05) is 0 Å². The molecular weight excluding hydrogens is 192 g/mol. The number of hydrogen-bond acceptors (Lipinski definition) is 4. The third kappa shape index (κ3) is 3030. The van der Waals surface area contributed by atoms with E-state index in [2.05, 4.69) is 0 Å². The van der Waals surface area contributed by atoms with Crippen LogP contribution in [0.25, 0.3) is 0 Å². The molecule has 0 radical (unpaired) electrons. The topological polar surface area (TPSA) is 121 Å². The third-order valence-electron chi connectivity index (χ3n) is 0. The number of carboxylic acid groups (broad SMARTS) is 2. The van der Waals surface area contributed by atoms with Gasteiger partial charge in [0.05, 0.1) is 0 Å². The molecule has 7 heteroatoms. The van der Waals surface area contributed by atoms with Crippen molar-refractivity contribution in [3.05, 3.63) is 0 Å². The van der Waals surface area contributed by atoms with Crippen molar-refractivity contribution >= 4 is 12.9 Å². The first-order chi connectivity index (χ1) is 4.83. The fourth-order valence-corrected chi connectivity index (χ4v) is 0. The van der Waals surface area contributed by atoms with E-state index in [0.29, 0.717) is 0 Å². The Morgan fingerprint density at radius 1 is 0.909 bits per heavy atom. The first-order valence-corrected chi connectivity index (χ1v) is 1.80. The molecule has 0 saturated carbocycles. The SMILES string of the molecule is C[O-].C[O-].O=CO.O=CO.[Ti+2]. The van der Waals surface area contributed by atoms with Crippen molar-refractivity contribution in [1.82, 2.24) is 0 Å². The van der Waals surface area contributed by atoms with Gasteiger partial charge >= 0.3 is 21.7 Å². The van der Waals surface area contributed by atoms with Crippen molar-refractivity contribution in [2.45, 2.75) is 0 Å². The second-order valence-electron chi connectivity index (χ2n) is 0.211. The summed E-state index contributed by atoms with van der Waals surface area (Å²) in [5.74, 6) is 0. The molecule has 6 nitrogen and oxygen atoms in total. The van der Waals surface area contributed by atoms with Gasteiger partial charge in [0.2, 0.25) is 0 Å². The minimum atomic E-state index is -0.250. The summed E-state index contributed by atoms with van der Waals surface area (Å²) in [5.41, 5.74) is 0. The molecule has 0 bridgehead atoms. The van der Waals surface area contributed by atoms with Gasteiger partial charge in [-0.1, -0.05) is 0 Å². The Labute approximate surface area is 79.4 Å². The molecule has 0 aliphatic heterocycles. The zero-order valence-corrected chi connectivity index (χ0v) is 7.74. The van der Waals surface area contributed by atoms with E-state index in [1.54, 1.807) is 0 Å². The summed E-state index contributed by atoms with van der Waals surface area (Å²) < 4.78 is 0. The maximum Gasteiger partial charge on any atom is 2.00 e. The van der Waals surface area contributed by atoms with Gasteiger partial charge < -0.3 is 20.4 Å². The molecule has 0 aromatic rings. The molecule has 0 aliphatic carbocycles. The fraction of sp³-hybridized carbons (Fsp3) is 0.500. The molecule has 0 atom stereocenters. The number of rotatable bonds is 0. The Balaban J connectivity index is -0.0000000144. The maximum atomic E-state index is 8.36. The molecule has 0 amide bonds. The first-order valence-electron chi connectivity index (χ1n) is 1.80. The van der Waals surface area contributed by atoms with E-state index in [1.807, 2.05) is 0 Å². The van der Waals surface area contributed by atoms with E-state index < -0.39 is 0 Å². The molecule has 0 saturated heterocycles. The normalized spacial score (nSPS) is 3.27. The monoisotopic (exact) mass is 202 g/mol. The predicted molar refractivity (Wildman–Crippen MR) is 29.2 cm³/mol. The van der Waals surface area contributed by atoms with Crippen LogP contribution < -0.4 is 10.2 Å². The van der Waals surface area contributed by atoms with Crippen molar-refractivity contribution in [2.24, 2.45) is 0 Å². The van der Waals surface area contributed by atoms with Gasteiger partial charge in [-0.2, -0.15) is 14.2 Å². The molecule has 0 aromatic carbocycles. The van der Waals surface area contributed by atoms with Crippen LogP contribution in [-0.2, 0) is 31.3 Å². The van der Waals surface area contributed by atoms with Crippen molar-refractivity contribution in [3.8, 4) is 0 Å². The minimum absolute atomic E-state index is 0. The van der Waals surface area contributed by atoms with Crippen LogP contribution in [0.5, 0.6) is 0 Å². The third-order valence-corrected chi connectivity index (χ3v) is 0. The van der Waals surface area contributed by atoms with Crippen LogP contribution in [0.1, 0.15) is 0 Å². The molecule has 66 valence electrons. The van der Waals surface area contributed by atoms with Gasteiger partial charge in [-0.3, -0.25) is 9.59 Å². The van der Waals surface area contributed by atoms with Gasteiger partial charge in [-0.05, 0) is 0 Å². The molecule has 11 heavy (non-hydrogen) atoms. The molecule has 0 rings (SSSR count). The fourth-order valence-electron chi connectivity index (χ4n) is 0. The zero-order chi connectivity index (χ0) is 9.41. The zero-order valence-electron chi connectivity index (χ0n) is 6.18. The Hall–Kier alpha value is -0.426. The van der Waals surface area contributed by atoms with E-state index in [9.17, 15) is 0 Å². The molecule has 0 heterocycles. The molecule has 0 aliphatic rings. The van der Waals surface area contributed by atoms with Crippen LogP contribution in [0.15, 0.2) is 0 Å². The van der Waals surface area contributed by atoms with Gasteiger partial charge in [0.15, 0.2) is 0 Å². The van der Waals surface area contributed by atoms with Crippen molar-refractivity contribution in [1.29, 1.82) is 0 Å². The number of carbonyl (C=O) groups is 2. The average molecular weight is 202 g/mol. The maximum absolute atomic E-state index is 8.36.